The van der Waals surface area contributed by atoms with E-state index in [0.717, 1.165) is 5.56 Å². The van der Waals surface area contributed by atoms with E-state index in [1.807, 2.05) is 12.1 Å². The maximum atomic E-state index is 12.3. The van der Waals surface area contributed by atoms with Crippen molar-refractivity contribution in [1.29, 1.82) is 0 Å². The molecule has 23 heavy (non-hydrogen) atoms. The highest BCUT2D eigenvalue weighted by Crippen LogP contribution is 2.32. The molecule has 3 rings (SSSR count). The first kappa shape index (κ1) is 15.0. The third-order valence-corrected chi connectivity index (χ3v) is 3.58. The van der Waals surface area contributed by atoms with Crippen molar-refractivity contribution in [3.8, 4) is 11.5 Å². The Morgan fingerprint density at radius 3 is 2.91 bits per heavy atom. The molecule has 0 spiro atoms. The molecule has 116 valence electrons. The molecule has 0 saturated heterocycles. The summed E-state index contributed by atoms with van der Waals surface area (Å²) in [5, 5.41) is 0. The van der Waals surface area contributed by atoms with Crippen LogP contribution in [0.15, 0.2) is 53.1 Å². The van der Waals surface area contributed by atoms with Crippen molar-refractivity contribution in [2.24, 2.45) is 4.99 Å². The molecular formula is C18H15NO4. The fraction of sp³-hybridized carbons (Fsp3) is 0.167. The molecule has 5 heteroatoms. The second-order valence-electron chi connectivity index (χ2n) is 5.02. The lowest BCUT2D eigenvalue weighted by Crippen LogP contribution is -2.19. The van der Waals surface area contributed by atoms with Crippen LogP contribution in [0.3, 0.4) is 0 Å². The highest BCUT2D eigenvalue weighted by Gasteiger charge is 2.21. The van der Waals surface area contributed by atoms with Crippen molar-refractivity contribution in [2.75, 3.05) is 13.8 Å². The average molecular weight is 309 g/mol. The summed E-state index contributed by atoms with van der Waals surface area (Å²) in [6, 6.07) is 5.39. The number of nitrogens with zero attached hydrogens (tertiary/aromatic N) is 1. The third-order valence-electron chi connectivity index (χ3n) is 3.58. The highest BCUT2D eigenvalue weighted by atomic mass is 16.7. The Kier molecular flexibility index (Phi) is 4.19. The number of fused-ring (bicyclic) bond motifs is 1. The lowest BCUT2D eigenvalue weighted by molar-refractivity contribution is -0.116. The summed E-state index contributed by atoms with van der Waals surface area (Å²) < 4.78 is 10.5. The fourth-order valence-corrected chi connectivity index (χ4v) is 2.33. The van der Waals surface area contributed by atoms with Crippen LogP contribution in [0, 0.1) is 0 Å². The van der Waals surface area contributed by atoms with E-state index in [4.69, 9.17) is 9.47 Å². The number of carbonyl (C=O) groups excluding carboxylic acids is 2. The van der Waals surface area contributed by atoms with Crippen LogP contribution < -0.4 is 9.47 Å². The van der Waals surface area contributed by atoms with Gasteiger partial charge in [0.05, 0.1) is 11.3 Å². The number of Topliss-reactive ketones (excluding diaryl/α,β-unsaturated/α-hetero) is 1. The van der Waals surface area contributed by atoms with Gasteiger partial charge in [-0.25, -0.2) is 0 Å². The van der Waals surface area contributed by atoms with Gasteiger partial charge in [0.1, 0.15) is 0 Å². The van der Waals surface area contributed by atoms with Crippen LogP contribution in [0.4, 0.5) is 0 Å². The molecule has 1 aromatic carbocycles. The Labute approximate surface area is 133 Å². The number of carbonyl (C=O) groups is 2. The molecule has 1 aliphatic heterocycles. The second kappa shape index (κ2) is 6.44. The molecule has 0 atom stereocenters. The van der Waals surface area contributed by atoms with Crippen molar-refractivity contribution in [3.05, 3.63) is 53.6 Å². The minimum absolute atomic E-state index is 0.122. The van der Waals surface area contributed by atoms with Gasteiger partial charge in [-0.15, -0.1) is 0 Å². The zero-order valence-corrected chi connectivity index (χ0v) is 12.6. The molecule has 0 unspecified atom stereocenters. The quantitative estimate of drug-likeness (QED) is 0.636. The van der Waals surface area contributed by atoms with Crippen LogP contribution >= 0.6 is 0 Å². The first-order valence-corrected chi connectivity index (χ1v) is 7.18. The largest absolute Gasteiger partial charge is 0.454 e. The van der Waals surface area contributed by atoms with Crippen LogP contribution in [0.25, 0.3) is 6.08 Å². The van der Waals surface area contributed by atoms with Gasteiger partial charge in [0.2, 0.25) is 12.6 Å². The average Bonchev–Trinajstić information content (AvgIpc) is 2.95. The van der Waals surface area contributed by atoms with Gasteiger partial charge in [0.25, 0.3) is 0 Å². The fourth-order valence-electron chi connectivity index (χ4n) is 2.33. The van der Waals surface area contributed by atoms with Gasteiger partial charge in [-0.1, -0.05) is 24.3 Å². The number of benzene rings is 1. The number of ketones is 2. The summed E-state index contributed by atoms with van der Waals surface area (Å²) in [6.07, 6.45) is 8.52. The number of rotatable bonds is 3. The Morgan fingerprint density at radius 2 is 2.09 bits per heavy atom. The summed E-state index contributed by atoms with van der Waals surface area (Å²) in [4.78, 5) is 28.5. The van der Waals surface area contributed by atoms with E-state index in [-0.39, 0.29) is 23.9 Å². The van der Waals surface area contributed by atoms with Crippen LogP contribution in [-0.4, -0.2) is 31.1 Å². The molecule has 1 aromatic rings. The first-order chi connectivity index (χ1) is 11.2. The normalized spacial score (nSPS) is 18.4. The Morgan fingerprint density at radius 1 is 1.26 bits per heavy atom. The van der Waals surface area contributed by atoms with Crippen LogP contribution in [-0.2, 0) is 9.59 Å². The van der Waals surface area contributed by atoms with Crippen molar-refractivity contribution < 1.29 is 19.1 Å². The lowest BCUT2D eigenvalue weighted by atomic mass is 10.0. The maximum absolute atomic E-state index is 12.3. The minimum atomic E-state index is -0.347. The van der Waals surface area contributed by atoms with E-state index in [2.05, 4.69) is 4.99 Å². The lowest BCUT2D eigenvalue weighted by Gasteiger charge is -2.02. The molecular weight excluding hydrogens is 294 g/mol. The van der Waals surface area contributed by atoms with Crippen molar-refractivity contribution in [3.63, 3.8) is 0 Å². The van der Waals surface area contributed by atoms with Crippen molar-refractivity contribution >= 4 is 23.4 Å². The Bertz CT molecular complexity index is 784. The van der Waals surface area contributed by atoms with Crippen LogP contribution in [0.1, 0.15) is 12.0 Å². The van der Waals surface area contributed by atoms with E-state index in [0.29, 0.717) is 23.6 Å². The minimum Gasteiger partial charge on any atom is -0.454 e. The third kappa shape index (κ3) is 3.13. The topological polar surface area (TPSA) is 65.0 Å². The number of hydrogen-bond acceptors (Lipinski definition) is 5. The van der Waals surface area contributed by atoms with E-state index >= 15 is 0 Å². The summed E-state index contributed by atoms with van der Waals surface area (Å²) in [5.74, 6) is 0.662. The van der Waals surface area contributed by atoms with Gasteiger partial charge in [0, 0.05) is 13.5 Å². The maximum Gasteiger partial charge on any atom is 0.231 e. The summed E-state index contributed by atoms with van der Waals surface area (Å²) >= 11 is 0. The molecule has 0 saturated carbocycles. The molecule has 0 bridgehead atoms. The molecule has 0 fully saturated rings. The standard InChI is InChI=1S/C18H15NO4/c1-19-14-5-3-2-4-13(18(14)21)15(20)8-6-12-7-9-16-17(10-12)23-11-22-16/h2-4,6-10H,5,11H2,1H3/b8-6+,19-14?. The smallest absolute Gasteiger partial charge is 0.231 e. The summed E-state index contributed by atoms with van der Waals surface area (Å²) in [7, 11) is 1.55. The van der Waals surface area contributed by atoms with Gasteiger partial charge in [-0.05, 0) is 29.8 Å². The van der Waals surface area contributed by atoms with E-state index in [1.165, 1.54) is 12.2 Å². The Balaban J connectivity index is 1.79. The predicted molar refractivity (Wildman–Crippen MR) is 86.8 cm³/mol. The summed E-state index contributed by atoms with van der Waals surface area (Å²) in [6.45, 7) is 0.203. The SMILES string of the molecule is CN=C1CC=CC=C(C(=O)/C=C/c2ccc3c(c2)OCO3)C1=O. The Hall–Kier alpha value is -2.95. The van der Waals surface area contributed by atoms with Gasteiger partial charge >= 0.3 is 0 Å². The molecule has 0 amide bonds. The molecule has 1 aliphatic carbocycles. The monoisotopic (exact) mass is 309 g/mol. The van der Waals surface area contributed by atoms with Crippen molar-refractivity contribution in [1.82, 2.24) is 0 Å². The van der Waals surface area contributed by atoms with E-state index < -0.39 is 0 Å². The molecule has 0 aromatic heterocycles. The first-order valence-electron chi connectivity index (χ1n) is 7.18. The number of hydrogen-bond donors (Lipinski definition) is 0. The molecule has 0 radical (unpaired) electrons. The second-order valence-corrected chi connectivity index (χ2v) is 5.02. The number of aliphatic imine (C=N–C) groups is 1. The van der Waals surface area contributed by atoms with E-state index in [9.17, 15) is 9.59 Å². The van der Waals surface area contributed by atoms with Gasteiger partial charge in [0.15, 0.2) is 17.3 Å². The van der Waals surface area contributed by atoms with Crippen LogP contribution in [0.2, 0.25) is 0 Å². The van der Waals surface area contributed by atoms with Gasteiger partial charge in [-0.3, -0.25) is 14.6 Å². The zero-order valence-electron chi connectivity index (χ0n) is 12.6. The highest BCUT2D eigenvalue weighted by molar-refractivity contribution is 6.52. The number of ether oxygens (including phenoxy) is 2. The molecule has 0 N–H and O–H groups in total. The van der Waals surface area contributed by atoms with Gasteiger partial charge in [-0.2, -0.15) is 0 Å². The predicted octanol–water partition coefficient (Wildman–Crippen LogP) is 2.52. The van der Waals surface area contributed by atoms with Crippen LogP contribution in [0.5, 0.6) is 11.5 Å². The van der Waals surface area contributed by atoms with E-state index in [1.54, 1.807) is 31.3 Å². The molecule has 1 heterocycles. The van der Waals surface area contributed by atoms with Gasteiger partial charge < -0.3 is 9.47 Å². The zero-order chi connectivity index (χ0) is 16.2. The molecule has 2 aliphatic rings. The summed E-state index contributed by atoms with van der Waals surface area (Å²) in [5.41, 5.74) is 1.30. The molecule has 5 nitrogen and oxygen atoms in total. The van der Waals surface area contributed by atoms with Crippen molar-refractivity contribution in [2.45, 2.75) is 6.42 Å². The number of allylic oxidation sites excluding steroid dienone is 5.